The summed E-state index contributed by atoms with van der Waals surface area (Å²) in [7, 11) is 0. The zero-order valence-electron chi connectivity index (χ0n) is 8.01. The predicted molar refractivity (Wildman–Crippen MR) is 61.4 cm³/mol. The van der Waals surface area contributed by atoms with E-state index in [2.05, 4.69) is 27.0 Å². The molecular weight excluding hydrogens is 230 g/mol. The molecule has 0 fully saturated rings. The number of aromatic amines is 1. The SMILES string of the molecule is OCc1n[nH]c(=S)n1CCc1ccsc1. The number of hydrogen-bond donors (Lipinski definition) is 2. The Kier molecular flexibility index (Phi) is 3.30. The number of rotatable bonds is 4. The highest BCUT2D eigenvalue weighted by Crippen LogP contribution is 2.08. The van der Waals surface area contributed by atoms with Crippen molar-refractivity contribution < 1.29 is 5.11 Å². The summed E-state index contributed by atoms with van der Waals surface area (Å²) in [5, 5.41) is 19.8. The Morgan fingerprint density at radius 1 is 1.60 bits per heavy atom. The van der Waals surface area contributed by atoms with E-state index >= 15 is 0 Å². The summed E-state index contributed by atoms with van der Waals surface area (Å²) in [6.45, 7) is 0.665. The zero-order chi connectivity index (χ0) is 10.7. The number of aromatic nitrogens is 3. The minimum atomic E-state index is -0.0865. The molecule has 80 valence electrons. The van der Waals surface area contributed by atoms with Crippen LogP contribution in [0.4, 0.5) is 0 Å². The largest absolute Gasteiger partial charge is 0.388 e. The third kappa shape index (κ3) is 2.34. The van der Waals surface area contributed by atoms with Crippen LogP contribution in [0.15, 0.2) is 16.8 Å². The number of thiophene rings is 1. The summed E-state index contributed by atoms with van der Waals surface area (Å²) in [6.07, 6.45) is 0.907. The number of nitrogens with zero attached hydrogens (tertiary/aromatic N) is 2. The lowest BCUT2D eigenvalue weighted by atomic mass is 10.2. The lowest BCUT2D eigenvalue weighted by Gasteiger charge is -2.03. The second-order valence-electron chi connectivity index (χ2n) is 3.14. The number of aliphatic hydroxyl groups is 1. The summed E-state index contributed by atoms with van der Waals surface area (Å²) < 4.78 is 2.39. The maximum absolute atomic E-state index is 9.04. The molecule has 0 amide bonds. The Bertz CT molecular complexity index is 472. The highest BCUT2D eigenvalue weighted by molar-refractivity contribution is 7.71. The molecule has 0 aromatic carbocycles. The van der Waals surface area contributed by atoms with Gasteiger partial charge < -0.3 is 9.67 Å². The van der Waals surface area contributed by atoms with Crippen molar-refractivity contribution in [3.63, 3.8) is 0 Å². The Morgan fingerprint density at radius 3 is 3.13 bits per heavy atom. The molecule has 0 saturated heterocycles. The molecule has 0 saturated carbocycles. The van der Waals surface area contributed by atoms with Crippen molar-refractivity contribution in [3.05, 3.63) is 33.0 Å². The molecular formula is C9H11N3OS2. The Labute approximate surface area is 96.2 Å². The molecule has 0 bridgehead atoms. The third-order valence-electron chi connectivity index (χ3n) is 2.18. The highest BCUT2D eigenvalue weighted by Gasteiger charge is 2.04. The third-order valence-corrected chi connectivity index (χ3v) is 3.23. The standard InChI is InChI=1S/C9H11N3OS2/c13-5-8-10-11-9(14)12(8)3-1-7-2-4-15-6-7/h2,4,6,13H,1,3,5H2,(H,11,14). The van der Waals surface area contributed by atoms with Gasteiger partial charge in [-0.2, -0.15) is 16.4 Å². The van der Waals surface area contributed by atoms with Crippen LogP contribution in [-0.4, -0.2) is 19.9 Å². The average molecular weight is 241 g/mol. The van der Waals surface area contributed by atoms with E-state index in [1.165, 1.54) is 5.56 Å². The highest BCUT2D eigenvalue weighted by atomic mass is 32.1. The van der Waals surface area contributed by atoms with Crippen LogP contribution >= 0.6 is 23.6 Å². The molecule has 4 nitrogen and oxygen atoms in total. The number of nitrogens with one attached hydrogen (secondary N) is 1. The van der Waals surface area contributed by atoms with Gasteiger partial charge in [0, 0.05) is 6.54 Å². The van der Waals surface area contributed by atoms with E-state index < -0.39 is 0 Å². The van der Waals surface area contributed by atoms with Crippen LogP contribution in [0, 0.1) is 4.77 Å². The number of H-pyrrole nitrogens is 1. The molecule has 2 rings (SSSR count). The van der Waals surface area contributed by atoms with Gasteiger partial charge in [-0.05, 0) is 41.0 Å². The number of hydrogen-bond acceptors (Lipinski definition) is 4. The minimum absolute atomic E-state index is 0.0865. The normalized spacial score (nSPS) is 10.7. The monoisotopic (exact) mass is 241 g/mol. The second kappa shape index (κ2) is 4.69. The molecule has 2 heterocycles. The Balaban J connectivity index is 2.10. The zero-order valence-corrected chi connectivity index (χ0v) is 9.64. The lowest BCUT2D eigenvalue weighted by Crippen LogP contribution is -2.06. The van der Waals surface area contributed by atoms with Gasteiger partial charge in [0.25, 0.3) is 0 Å². The van der Waals surface area contributed by atoms with Crippen LogP contribution in [0.25, 0.3) is 0 Å². The molecule has 0 radical (unpaired) electrons. The van der Waals surface area contributed by atoms with Crippen molar-refractivity contribution in [2.45, 2.75) is 19.6 Å². The molecule has 15 heavy (non-hydrogen) atoms. The van der Waals surface area contributed by atoms with Crippen molar-refractivity contribution in [2.24, 2.45) is 0 Å². The van der Waals surface area contributed by atoms with Crippen LogP contribution in [0.5, 0.6) is 0 Å². The minimum Gasteiger partial charge on any atom is -0.388 e. The molecule has 0 spiro atoms. The first-order chi connectivity index (χ1) is 7.31. The fraction of sp³-hybridized carbons (Fsp3) is 0.333. The number of aliphatic hydroxyl groups excluding tert-OH is 1. The molecule has 0 unspecified atom stereocenters. The van der Waals surface area contributed by atoms with Gasteiger partial charge >= 0.3 is 0 Å². The van der Waals surface area contributed by atoms with E-state index in [0.29, 0.717) is 10.6 Å². The first kappa shape index (κ1) is 10.5. The van der Waals surface area contributed by atoms with E-state index in [-0.39, 0.29) is 6.61 Å². The van der Waals surface area contributed by atoms with E-state index in [4.69, 9.17) is 17.3 Å². The maximum Gasteiger partial charge on any atom is 0.195 e. The van der Waals surface area contributed by atoms with Crippen LogP contribution in [0.3, 0.4) is 0 Å². The summed E-state index contributed by atoms with van der Waals surface area (Å²) in [5.74, 6) is 0.593. The molecule has 6 heteroatoms. The molecule has 2 aromatic rings. The summed E-state index contributed by atoms with van der Waals surface area (Å²) in [6, 6.07) is 2.09. The quantitative estimate of drug-likeness (QED) is 0.802. The van der Waals surface area contributed by atoms with Crippen molar-refractivity contribution in [2.75, 3.05) is 0 Å². The molecule has 0 aliphatic carbocycles. The van der Waals surface area contributed by atoms with Crippen LogP contribution < -0.4 is 0 Å². The van der Waals surface area contributed by atoms with E-state index in [1.807, 2.05) is 4.57 Å². The number of aryl methyl sites for hydroxylation is 1. The molecule has 0 atom stereocenters. The van der Waals surface area contributed by atoms with Crippen LogP contribution in [0.2, 0.25) is 0 Å². The Hall–Kier alpha value is -0.980. The lowest BCUT2D eigenvalue weighted by molar-refractivity contribution is 0.264. The van der Waals surface area contributed by atoms with Gasteiger partial charge in [-0.1, -0.05) is 0 Å². The summed E-state index contributed by atoms with van der Waals surface area (Å²) >= 11 is 6.75. The Morgan fingerprint density at radius 2 is 2.47 bits per heavy atom. The first-order valence-electron chi connectivity index (χ1n) is 4.57. The smallest absolute Gasteiger partial charge is 0.195 e. The van der Waals surface area contributed by atoms with Gasteiger partial charge in [0.15, 0.2) is 10.6 Å². The average Bonchev–Trinajstić information content (AvgIpc) is 2.84. The first-order valence-corrected chi connectivity index (χ1v) is 5.92. The van der Waals surface area contributed by atoms with Gasteiger partial charge in [0.05, 0.1) is 0 Å². The summed E-state index contributed by atoms with van der Waals surface area (Å²) in [5.41, 5.74) is 1.28. The molecule has 2 N–H and O–H groups in total. The van der Waals surface area contributed by atoms with Crippen molar-refractivity contribution in [3.8, 4) is 0 Å². The second-order valence-corrected chi connectivity index (χ2v) is 4.30. The van der Waals surface area contributed by atoms with Gasteiger partial charge in [-0.25, -0.2) is 0 Å². The molecule has 2 aromatic heterocycles. The summed E-state index contributed by atoms with van der Waals surface area (Å²) in [4.78, 5) is 0. The topological polar surface area (TPSA) is 53.8 Å². The van der Waals surface area contributed by atoms with E-state index in [9.17, 15) is 0 Å². The van der Waals surface area contributed by atoms with Crippen molar-refractivity contribution in [1.82, 2.24) is 14.8 Å². The van der Waals surface area contributed by atoms with Crippen LogP contribution in [-0.2, 0) is 19.6 Å². The van der Waals surface area contributed by atoms with E-state index in [0.717, 1.165) is 13.0 Å². The van der Waals surface area contributed by atoms with E-state index in [1.54, 1.807) is 11.3 Å². The van der Waals surface area contributed by atoms with Crippen LogP contribution in [0.1, 0.15) is 11.4 Å². The molecule has 0 aliphatic heterocycles. The maximum atomic E-state index is 9.04. The van der Waals surface area contributed by atoms with Gasteiger partial charge in [0.2, 0.25) is 0 Å². The van der Waals surface area contributed by atoms with Gasteiger partial charge in [-0.3, -0.25) is 5.10 Å². The fourth-order valence-electron chi connectivity index (χ4n) is 1.38. The van der Waals surface area contributed by atoms with Crippen molar-refractivity contribution in [1.29, 1.82) is 0 Å². The fourth-order valence-corrected chi connectivity index (χ4v) is 2.32. The predicted octanol–water partition coefficient (Wildman–Crippen LogP) is 1.74. The molecule has 0 aliphatic rings. The van der Waals surface area contributed by atoms with Gasteiger partial charge in [0.1, 0.15) is 6.61 Å². The van der Waals surface area contributed by atoms with Crippen molar-refractivity contribution >= 4 is 23.6 Å². The van der Waals surface area contributed by atoms with Gasteiger partial charge in [-0.15, -0.1) is 0 Å².